The first kappa shape index (κ1) is 16.9. The fourth-order valence-corrected chi connectivity index (χ4v) is 5.20. The topological polar surface area (TPSA) is 58.2 Å². The third kappa shape index (κ3) is 5.06. The predicted molar refractivity (Wildman–Crippen MR) is 88.1 cm³/mol. The lowest BCUT2D eigenvalue weighted by Crippen LogP contribution is -2.31. The normalized spacial score (nSPS) is 17.5. The Bertz CT molecular complexity index is 532. The number of hydrogen-bond acceptors (Lipinski definition) is 4. The number of sulfonamides is 1. The minimum atomic E-state index is -3.37. The molecule has 21 heavy (non-hydrogen) atoms. The zero-order valence-corrected chi connectivity index (χ0v) is 14.5. The molecule has 0 amide bonds. The molecule has 0 bridgehead atoms. The van der Waals surface area contributed by atoms with Gasteiger partial charge in [0.2, 0.25) is 10.0 Å². The molecule has 0 saturated heterocycles. The molecule has 120 valence electrons. The van der Waals surface area contributed by atoms with E-state index in [4.69, 9.17) is 0 Å². The smallest absolute Gasteiger partial charge is 0.241 e. The Balaban J connectivity index is 1.96. The fourth-order valence-electron chi connectivity index (χ4n) is 2.69. The summed E-state index contributed by atoms with van der Waals surface area (Å²) in [7, 11) is -3.37. The lowest BCUT2D eigenvalue weighted by atomic mass is 9.90. The molecule has 1 heterocycles. The van der Waals surface area contributed by atoms with Crippen LogP contribution < -0.4 is 10.0 Å². The van der Waals surface area contributed by atoms with Gasteiger partial charge in [0.1, 0.15) is 0 Å². The molecule has 0 radical (unpaired) electrons. The minimum absolute atomic E-state index is 0.345. The van der Waals surface area contributed by atoms with Crippen molar-refractivity contribution in [1.29, 1.82) is 0 Å². The second-order valence-electron chi connectivity index (χ2n) is 6.10. The van der Waals surface area contributed by atoms with Crippen molar-refractivity contribution in [3.05, 3.63) is 16.3 Å². The SMILES string of the molecule is CC(C)NCc1sccc1S(=O)(=O)NCC1CCCCC1. The number of nitrogens with one attached hydrogen (secondary N) is 2. The second-order valence-corrected chi connectivity index (χ2v) is 8.84. The van der Waals surface area contributed by atoms with Gasteiger partial charge in [-0.15, -0.1) is 11.3 Å². The summed E-state index contributed by atoms with van der Waals surface area (Å²) in [5.41, 5.74) is 0. The molecule has 4 nitrogen and oxygen atoms in total. The highest BCUT2D eigenvalue weighted by molar-refractivity contribution is 7.89. The molecule has 0 spiro atoms. The molecule has 0 aliphatic heterocycles. The van der Waals surface area contributed by atoms with Gasteiger partial charge in [-0.25, -0.2) is 13.1 Å². The van der Waals surface area contributed by atoms with Gasteiger partial charge >= 0.3 is 0 Å². The van der Waals surface area contributed by atoms with Crippen molar-refractivity contribution in [3.8, 4) is 0 Å². The lowest BCUT2D eigenvalue weighted by molar-refractivity contribution is 0.357. The summed E-state index contributed by atoms with van der Waals surface area (Å²) < 4.78 is 27.7. The molecule has 0 aromatic carbocycles. The maximum Gasteiger partial charge on any atom is 0.241 e. The van der Waals surface area contributed by atoms with E-state index in [0.29, 0.717) is 29.9 Å². The van der Waals surface area contributed by atoms with Crippen LogP contribution >= 0.6 is 11.3 Å². The Morgan fingerprint density at radius 2 is 2.00 bits per heavy atom. The molecule has 2 N–H and O–H groups in total. The van der Waals surface area contributed by atoms with Gasteiger partial charge in [0, 0.05) is 24.0 Å². The van der Waals surface area contributed by atoms with Crippen LogP contribution in [0.15, 0.2) is 16.3 Å². The first-order valence-electron chi connectivity index (χ1n) is 7.78. The van der Waals surface area contributed by atoms with Gasteiger partial charge in [0.25, 0.3) is 0 Å². The van der Waals surface area contributed by atoms with Crippen LogP contribution in [-0.4, -0.2) is 21.0 Å². The standard InChI is InChI=1S/C15H26N2O2S2/c1-12(2)16-11-14-15(8-9-20-14)21(18,19)17-10-13-6-4-3-5-7-13/h8-9,12-13,16-17H,3-7,10-11H2,1-2H3. The van der Waals surface area contributed by atoms with Crippen LogP contribution in [-0.2, 0) is 16.6 Å². The highest BCUT2D eigenvalue weighted by Gasteiger charge is 2.22. The summed E-state index contributed by atoms with van der Waals surface area (Å²) in [6.07, 6.45) is 6.05. The Morgan fingerprint density at radius 1 is 1.29 bits per heavy atom. The average molecular weight is 331 g/mol. The second kappa shape index (κ2) is 7.72. The zero-order chi connectivity index (χ0) is 15.3. The zero-order valence-electron chi connectivity index (χ0n) is 12.9. The van der Waals surface area contributed by atoms with Crippen LogP contribution in [0, 0.1) is 5.92 Å². The van der Waals surface area contributed by atoms with Gasteiger partial charge in [-0.05, 0) is 30.2 Å². The molecule has 0 unspecified atom stereocenters. The largest absolute Gasteiger partial charge is 0.310 e. The van der Waals surface area contributed by atoms with Crippen molar-refractivity contribution in [2.75, 3.05) is 6.54 Å². The van der Waals surface area contributed by atoms with E-state index in [1.165, 1.54) is 30.6 Å². The molecule has 6 heteroatoms. The molecule has 1 aromatic rings. The van der Waals surface area contributed by atoms with Crippen molar-refractivity contribution >= 4 is 21.4 Å². The predicted octanol–water partition coefficient (Wildman–Crippen LogP) is 3.10. The quantitative estimate of drug-likeness (QED) is 0.807. The molecule has 1 fully saturated rings. The molecule has 0 atom stereocenters. The third-order valence-corrected chi connectivity index (χ3v) is 6.51. The summed E-state index contributed by atoms with van der Waals surface area (Å²) in [6.45, 7) is 5.30. The molecule has 1 aromatic heterocycles. The molecular formula is C15H26N2O2S2. The van der Waals surface area contributed by atoms with Crippen molar-refractivity contribution in [3.63, 3.8) is 0 Å². The highest BCUT2D eigenvalue weighted by atomic mass is 32.2. The van der Waals surface area contributed by atoms with Crippen LogP contribution in [0.25, 0.3) is 0 Å². The Kier molecular flexibility index (Phi) is 6.22. The van der Waals surface area contributed by atoms with E-state index in [2.05, 4.69) is 23.9 Å². The van der Waals surface area contributed by atoms with E-state index < -0.39 is 10.0 Å². The average Bonchev–Trinajstić information content (AvgIpc) is 2.93. The van der Waals surface area contributed by atoms with Gasteiger partial charge in [-0.3, -0.25) is 0 Å². The third-order valence-electron chi connectivity index (χ3n) is 3.95. The van der Waals surface area contributed by atoms with Gasteiger partial charge in [-0.2, -0.15) is 0 Å². The monoisotopic (exact) mass is 330 g/mol. The molecule has 1 saturated carbocycles. The minimum Gasteiger partial charge on any atom is -0.310 e. The maximum absolute atomic E-state index is 12.5. The number of rotatable bonds is 7. The summed E-state index contributed by atoms with van der Waals surface area (Å²) in [5, 5.41) is 5.14. The summed E-state index contributed by atoms with van der Waals surface area (Å²) in [4.78, 5) is 1.33. The lowest BCUT2D eigenvalue weighted by Gasteiger charge is -2.21. The van der Waals surface area contributed by atoms with Crippen LogP contribution in [0.1, 0.15) is 50.8 Å². The maximum atomic E-state index is 12.5. The number of thiophene rings is 1. The molecular weight excluding hydrogens is 304 g/mol. The Morgan fingerprint density at radius 3 is 2.67 bits per heavy atom. The Hall–Kier alpha value is -0.430. The van der Waals surface area contributed by atoms with E-state index >= 15 is 0 Å². The first-order valence-corrected chi connectivity index (χ1v) is 10.1. The van der Waals surface area contributed by atoms with Gasteiger partial charge in [0.15, 0.2) is 0 Å². The van der Waals surface area contributed by atoms with Crippen LogP contribution in [0.4, 0.5) is 0 Å². The first-order chi connectivity index (χ1) is 9.99. The van der Waals surface area contributed by atoms with E-state index in [1.54, 1.807) is 6.07 Å². The van der Waals surface area contributed by atoms with E-state index in [9.17, 15) is 8.42 Å². The van der Waals surface area contributed by atoms with Crippen LogP contribution in [0.5, 0.6) is 0 Å². The Labute approximate surface area is 132 Å². The van der Waals surface area contributed by atoms with E-state index in [0.717, 1.165) is 17.7 Å². The summed E-state index contributed by atoms with van der Waals surface area (Å²) in [5.74, 6) is 0.504. The summed E-state index contributed by atoms with van der Waals surface area (Å²) >= 11 is 1.50. The van der Waals surface area contributed by atoms with Gasteiger partial charge in [-0.1, -0.05) is 33.1 Å². The van der Waals surface area contributed by atoms with Gasteiger partial charge < -0.3 is 5.32 Å². The molecule has 1 aliphatic rings. The molecule has 1 aliphatic carbocycles. The number of hydrogen-bond donors (Lipinski definition) is 2. The molecule has 2 rings (SSSR count). The van der Waals surface area contributed by atoms with Crippen molar-refractivity contribution in [2.24, 2.45) is 5.92 Å². The fraction of sp³-hybridized carbons (Fsp3) is 0.733. The van der Waals surface area contributed by atoms with Crippen molar-refractivity contribution in [2.45, 2.75) is 63.4 Å². The van der Waals surface area contributed by atoms with Gasteiger partial charge in [0.05, 0.1) is 4.90 Å². The van der Waals surface area contributed by atoms with Crippen LogP contribution in [0.3, 0.4) is 0 Å². The van der Waals surface area contributed by atoms with Crippen molar-refractivity contribution in [1.82, 2.24) is 10.0 Å². The summed E-state index contributed by atoms with van der Waals surface area (Å²) in [6, 6.07) is 2.06. The van der Waals surface area contributed by atoms with E-state index in [1.807, 2.05) is 5.38 Å². The highest BCUT2D eigenvalue weighted by Crippen LogP contribution is 2.25. The van der Waals surface area contributed by atoms with Crippen LogP contribution in [0.2, 0.25) is 0 Å². The van der Waals surface area contributed by atoms with E-state index in [-0.39, 0.29) is 0 Å². The van der Waals surface area contributed by atoms with Crippen molar-refractivity contribution < 1.29 is 8.42 Å².